The summed E-state index contributed by atoms with van der Waals surface area (Å²) in [6.45, 7) is 2.92. The molecule has 5 heteroatoms. The van der Waals surface area contributed by atoms with E-state index in [0.29, 0.717) is 13.1 Å². The Balaban J connectivity index is 2.27. The molecule has 4 nitrogen and oxygen atoms in total. The van der Waals surface area contributed by atoms with Crippen LogP contribution in [0.2, 0.25) is 0 Å². The van der Waals surface area contributed by atoms with Crippen LogP contribution in [-0.4, -0.2) is 28.4 Å². The minimum Gasteiger partial charge on any atom is -0.478 e. The molecule has 2 aromatic rings. The monoisotopic (exact) mass is 289 g/mol. The number of carboxylic acid groups (broad SMARTS) is 1. The van der Waals surface area contributed by atoms with Crippen LogP contribution in [-0.2, 0) is 6.54 Å². The number of carboxylic acids is 1. The average molecular weight is 289 g/mol. The molecule has 1 amide bonds. The van der Waals surface area contributed by atoms with Gasteiger partial charge in [-0.15, -0.1) is 11.3 Å². The lowest BCUT2D eigenvalue weighted by Gasteiger charge is -2.21. The summed E-state index contributed by atoms with van der Waals surface area (Å²) in [5, 5.41) is 11.1. The fourth-order valence-corrected chi connectivity index (χ4v) is 2.66. The Bertz CT molecular complexity index is 607. The standard InChI is InChI=1S/C15H15NO3S/c1-2-16(10-11-6-5-9-20-11)14(17)12-7-3-4-8-13(12)15(18)19/h3-9H,2,10H2,1H3,(H,18,19). The fraction of sp³-hybridized carbons (Fsp3) is 0.200. The molecule has 0 unspecified atom stereocenters. The molecule has 1 N–H and O–H groups in total. The summed E-state index contributed by atoms with van der Waals surface area (Å²) in [5.41, 5.74) is 0.278. The maximum Gasteiger partial charge on any atom is 0.336 e. The van der Waals surface area contributed by atoms with E-state index in [0.717, 1.165) is 4.88 Å². The summed E-state index contributed by atoms with van der Waals surface area (Å²) in [7, 11) is 0. The molecule has 0 saturated heterocycles. The van der Waals surface area contributed by atoms with Crippen molar-refractivity contribution in [1.82, 2.24) is 4.90 Å². The first-order valence-electron chi connectivity index (χ1n) is 6.27. The number of rotatable bonds is 5. The lowest BCUT2D eigenvalue weighted by atomic mass is 10.1. The molecule has 0 fully saturated rings. The quantitative estimate of drug-likeness (QED) is 0.920. The van der Waals surface area contributed by atoms with E-state index >= 15 is 0 Å². The summed E-state index contributed by atoms with van der Waals surface area (Å²) < 4.78 is 0. The molecule has 0 atom stereocenters. The summed E-state index contributed by atoms with van der Waals surface area (Å²) >= 11 is 1.58. The number of aromatic carboxylic acids is 1. The number of hydrogen-bond donors (Lipinski definition) is 1. The van der Waals surface area contributed by atoms with E-state index in [1.807, 2.05) is 24.4 Å². The van der Waals surface area contributed by atoms with Crippen LogP contribution >= 0.6 is 11.3 Å². The molecule has 1 aromatic heterocycles. The Morgan fingerprint density at radius 3 is 2.40 bits per heavy atom. The van der Waals surface area contributed by atoms with Gasteiger partial charge in [-0.2, -0.15) is 0 Å². The van der Waals surface area contributed by atoms with Crippen molar-refractivity contribution < 1.29 is 14.7 Å². The highest BCUT2D eigenvalue weighted by molar-refractivity contribution is 7.09. The Labute approximate surface area is 121 Å². The van der Waals surface area contributed by atoms with Crippen LogP contribution in [0.1, 0.15) is 32.5 Å². The van der Waals surface area contributed by atoms with Crippen LogP contribution in [0.5, 0.6) is 0 Å². The largest absolute Gasteiger partial charge is 0.478 e. The number of nitrogens with zero attached hydrogens (tertiary/aromatic N) is 1. The van der Waals surface area contributed by atoms with Gasteiger partial charge in [0.2, 0.25) is 0 Å². The van der Waals surface area contributed by atoms with Gasteiger partial charge in [0.15, 0.2) is 0 Å². The van der Waals surface area contributed by atoms with Crippen LogP contribution in [0.4, 0.5) is 0 Å². The third-order valence-corrected chi connectivity index (χ3v) is 3.84. The summed E-state index contributed by atoms with van der Waals surface area (Å²) in [4.78, 5) is 26.4. The second-order valence-corrected chi connectivity index (χ2v) is 5.28. The lowest BCUT2D eigenvalue weighted by Crippen LogP contribution is -2.31. The molecule has 104 valence electrons. The van der Waals surface area contributed by atoms with Crippen molar-refractivity contribution in [2.45, 2.75) is 13.5 Å². The zero-order chi connectivity index (χ0) is 14.5. The van der Waals surface area contributed by atoms with Crippen molar-refractivity contribution in [2.75, 3.05) is 6.54 Å². The number of hydrogen-bond acceptors (Lipinski definition) is 3. The number of carbonyl (C=O) groups excluding carboxylic acids is 1. The van der Waals surface area contributed by atoms with E-state index in [1.165, 1.54) is 6.07 Å². The predicted octanol–water partition coefficient (Wildman–Crippen LogP) is 3.11. The first kappa shape index (κ1) is 14.3. The highest BCUT2D eigenvalue weighted by Gasteiger charge is 2.20. The molecule has 0 radical (unpaired) electrons. The first-order chi connectivity index (χ1) is 9.63. The van der Waals surface area contributed by atoms with E-state index in [9.17, 15) is 9.59 Å². The van der Waals surface area contributed by atoms with Gasteiger partial charge in [-0.1, -0.05) is 18.2 Å². The number of carbonyl (C=O) groups is 2. The van der Waals surface area contributed by atoms with Crippen LogP contribution in [0.3, 0.4) is 0 Å². The second kappa shape index (κ2) is 6.34. The van der Waals surface area contributed by atoms with Crippen molar-refractivity contribution in [2.24, 2.45) is 0 Å². The van der Waals surface area contributed by atoms with Crippen molar-refractivity contribution in [1.29, 1.82) is 0 Å². The van der Waals surface area contributed by atoms with Crippen molar-refractivity contribution in [3.63, 3.8) is 0 Å². The number of amides is 1. The number of benzene rings is 1. The first-order valence-corrected chi connectivity index (χ1v) is 7.15. The van der Waals surface area contributed by atoms with Gasteiger partial charge >= 0.3 is 5.97 Å². The molecule has 2 rings (SSSR count). The molecule has 0 spiro atoms. The van der Waals surface area contributed by atoms with Gasteiger partial charge in [0.1, 0.15) is 0 Å². The van der Waals surface area contributed by atoms with E-state index in [2.05, 4.69) is 0 Å². The van der Waals surface area contributed by atoms with Crippen molar-refractivity contribution in [3.8, 4) is 0 Å². The van der Waals surface area contributed by atoms with Crippen LogP contribution in [0, 0.1) is 0 Å². The smallest absolute Gasteiger partial charge is 0.336 e. The van der Waals surface area contributed by atoms with E-state index in [4.69, 9.17) is 5.11 Å². The van der Waals surface area contributed by atoms with Crippen molar-refractivity contribution in [3.05, 3.63) is 57.8 Å². The zero-order valence-electron chi connectivity index (χ0n) is 11.1. The SMILES string of the molecule is CCN(Cc1cccs1)C(=O)c1ccccc1C(=O)O. The maximum absolute atomic E-state index is 12.5. The maximum atomic E-state index is 12.5. The topological polar surface area (TPSA) is 57.6 Å². The zero-order valence-corrected chi connectivity index (χ0v) is 11.9. The fourth-order valence-electron chi connectivity index (χ4n) is 1.94. The molecule has 0 aliphatic heterocycles. The molecule has 0 aliphatic carbocycles. The van der Waals surface area contributed by atoms with Gasteiger partial charge in [-0.3, -0.25) is 4.79 Å². The summed E-state index contributed by atoms with van der Waals surface area (Å²) in [6.07, 6.45) is 0. The molecule has 0 aliphatic rings. The van der Waals surface area contributed by atoms with Gasteiger partial charge < -0.3 is 10.0 Å². The molecule has 1 heterocycles. The second-order valence-electron chi connectivity index (χ2n) is 4.25. The molecular weight excluding hydrogens is 274 g/mol. The summed E-state index contributed by atoms with van der Waals surface area (Å²) in [6, 6.07) is 10.2. The molecule has 1 aromatic carbocycles. The number of thiophene rings is 1. The molecular formula is C15H15NO3S. The Morgan fingerprint density at radius 2 is 1.85 bits per heavy atom. The third kappa shape index (κ3) is 3.05. The van der Waals surface area contributed by atoms with Crippen LogP contribution < -0.4 is 0 Å². The van der Waals surface area contributed by atoms with Gasteiger partial charge in [0.05, 0.1) is 17.7 Å². The summed E-state index contributed by atoms with van der Waals surface area (Å²) in [5.74, 6) is -1.33. The van der Waals surface area contributed by atoms with Gasteiger partial charge in [-0.25, -0.2) is 4.79 Å². The average Bonchev–Trinajstić information content (AvgIpc) is 2.97. The van der Waals surface area contributed by atoms with Gasteiger partial charge in [0, 0.05) is 11.4 Å². The Kier molecular flexibility index (Phi) is 4.53. The molecule has 20 heavy (non-hydrogen) atoms. The van der Waals surface area contributed by atoms with E-state index in [-0.39, 0.29) is 17.0 Å². The normalized spacial score (nSPS) is 10.2. The highest BCUT2D eigenvalue weighted by atomic mass is 32.1. The Morgan fingerprint density at radius 1 is 1.15 bits per heavy atom. The highest BCUT2D eigenvalue weighted by Crippen LogP contribution is 2.16. The van der Waals surface area contributed by atoms with Crippen molar-refractivity contribution >= 4 is 23.2 Å². The van der Waals surface area contributed by atoms with E-state index in [1.54, 1.807) is 34.4 Å². The Hall–Kier alpha value is -2.14. The molecule has 0 bridgehead atoms. The minimum absolute atomic E-state index is 0.0436. The third-order valence-electron chi connectivity index (χ3n) is 2.98. The predicted molar refractivity (Wildman–Crippen MR) is 78.1 cm³/mol. The van der Waals surface area contributed by atoms with Crippen LogP contribution in [0.25, 0.3) is 0 Å². The lowest BCUT2D eigenvalue weighted by molar-refractivity contribution is 0.0674. The minimum atomic E-state index is -1.08. The van der Waals surface area contributed by atoms with E-state index < -0.39 is 5.97 Å². The molecule has 0 saturated carbocycles. The van der Waals surface area contributed by atoms with Gasteiger partial charge in [-0.05, 0) is 30.5 Å². The van der Waals surface area contributed by atoms with Crippen LogP contribution in [0.15, 0.2) is 41.8 Å². The van der Waals surface area contributed by atoms with Gasteiger partial charge in [0.25, 0.3) is 5.91 Å².